The number of aryl methyl sites for hydroxylation is 1. The molecule has 0 spiro atoms. The fourth-order valence-corrected chi connectivity index (χ4v) is 4.75. The van der Waals surface area contributed by atoms with E-state index < -0.39 is 10.0 Å². The summed E-state index contributed by atoms with van der Waals surface area (Å²) in [6.45, 7) is 1.93. The Morgan fingerprint density at radius 1 is 1.50 bits per heavy atom. The van der Waals surface area contributed by atoms with Crippen molar-refractivity contribution < 1.29 is 8.42 Å². The van der Waals surface area contributed by atoms with Crippen molar-refractivity contribution in [1.29, 1.82) is 0 Å². The molecule has 0 amide bonds. The van der Waals surface area contributed by atoms with Crippen molar-refractivity contribution in [3.63, 3.8) is 0 Å². The highest BCUT2D eigenvalue weighted by atomic mass is 35.5. The van der Waals surface area contributed by atoms with Gasteiger partial charge in [-0.2, -0.15) is 0 Å². The lowest BCUT2D eigenvalue weighted by atomic mass is 10.3. The highest BCUT2D eigenvalue weighted by Gasteiger charge is 2.20. The predicted octanol–water partition coefficient (Wildman–Crippen LogP) is 2.08. The first-order valence-corrected chi connectivity index (χ1v) is 8.61. The third-order valence-corrected chi connectivity index (χ3v) is 6.10. The molecule has 2 rings (SSSR count). The summed E-state index contributed by atoms with van der Waals surface area (Å²) in [5.74, 6) is 0. The standard InChI is InChI=1S/C9H10ClN3O2S3/c1-6-8(17-9(10)13-6)18(14,15)12-3-2-7-4-16-5-11-7/h4-5,12H,2-3H2,1H3. The molecule has 0 aromatic carbocycles. The molecule has 0 saturated carbocycles. The van der Waals surface area contributed by atoms with Crippen LogP contribution in [0.2, 0.25) is 4.47 Å². The third kappa shape index (κ3) is 3.27. The summed E-state index contributed by atoms with van der Waals surface area (Å²) in [7, 11) is -3.53. The highest BCUT2D eigenvalue weighted by molar-refractivity contribution is 7.91. The summed E-state index contributed by atoms with van der Waals surface area (Å²) in [6, 6.07) is 0. The molecule has 0 bridgehead atoms. The topological polar surface area (TPSA) is 72.0 Å². The van der Waals surface area contributed by atoms with Crippen LogP contribution in [-0.4, -0.2) is 24.9 Å². The van der Waals surface area contributed by atoms with Gasteiger partial charge in [-0.3, -0.25) is 0 Å². The molecule has 0 radical (unpaired) electrons. The SMILES string of the molecule is Cc1nc(Cl)sc1S(=O)(=O)NCCc1cscn1. The lowest BCUT2D eigenvalue weighted by Crippen LogP contribution is -2.25. The molecule has 0 unspecified atom stereocenters. The Kier molecular flexibility index (Phi) is 4.33. The van der Waals surface area contributed by atoms with E-state index in [1.54, 1.807) is 12.4 Å². The number of hydrogen-bond donors (Lipinski definition) is 1. The quantitative estimate of drug-likeness (QED) is 0.914. The van der Waals surface area contributed by atoms with Crippen LogP contribution in [-0.2, 0) is 16.4 Å². The maximum Gasteiger partial charge on any atom is 0.251 e. The van der Waals surface area contributed by atoms with Gasteiger partial charge in [-0.05, 0) is 6.92 Å². The molecule has 18 heavy (non-hydrogen) atoms. The van der Waals surface area contributed by atoms with Gasteiger partial charge in [0, 0.05) is 18.3 Å². The van der Waals surface area contributed by atoms with Crippen LogP contribution >= 0.6 is 34.3 Å². The van der Waals surface area contributed by atoms with Gasteiger partial charge in [0.05, 0.1) is 16.9 Å². The van der Waals surface area contributed by atoms with E-state index in [4.69, 9.17) is 11.6 Å². The van der Waals surface area contributed by atoms with Gasteiger partial charge in [-0.25, -0.2) is 23.1 Å². The third-order valence-electron chi connectivity index (χ3n) is 2.13. The van der Waals surface area contributed by atoms with E-state index in [1.165, 1.54) is 11.3 Å². The minimum atomic E-state index is -3.53. The molecule has 0 aliphatic carbocycles. The molecule has 0 atom stereocenters. The van der Waals surface area contributed by atoms with Crippen molar-refractivity contribution in [2.75, 3.05) is 6.54 Å². The minimum absolute atomic E-state index is 0.172. The number of rotatable bonds is 5. The van der Waals surface area contributed by atoms with Crippen molar-refractivity contribution in [3.05, 3.63) is 26.7 Å². The Bertz CT molecular complexity index is 622. The van der Waals surface area contributed by atoms with E-state index in [9.17, 15) is 8.42 Å². The van der Waals surface area contributed by atoms with Crippen LogP contribution in [0.1, 0.15) is 11.4 Å². The second-order valence-electron chi connectivity index (χ2n) is 3.47. The van der Waals surface area contributed by atoms with Gasteiger partial charge >= 0.3 is 0 Å². The summed E-state index contributed by atoms with van der Waals surface area (Å²) in [5, 5.41) is 1.89. The zero-order valence-corrected chi connectivity index (χ0v) is 12.6. The van der Waals surface area contributed by atoms with E-state index in [-0.39, 0.29) is 8.68 Å². The Morgan fingerprint density at radius 2 is 2.28 bits per heavy atom. The smallest absolute Gasteiger partial charge is 0.250 e. The summed E-state index contributed by atoms with van der Waals surface area (Å²) in [4.78, 5) is 7.97. The molecule has 2 aromatic rings. The van der Waals surface area contributed by atoms with Gasteiger partial charge in [0.15, 0.2) is 8.68 Å². The summed E-state index contributed by atoms with van der Waals surface area (Å²) in [6.07, 6.45) is 0.564. The lowest BCUT2D eigenvalue weighted by molar-refractivity contribution is 0.582. The molecular weight excluding hydrogens is 314 g/mol. The van der Waals surface area contributed by atoms with Crippen molar-refractivity contribution in [2.24, 2.45) is 0 Å². The molecule has 2 aromatic heterocycles. The fraction of sp³-hybridized carbons (Fsp3) is 0.333. The van der Waals surface area contributed by atoms with Gasteiger partial charge in [0.1, 0.15) is 0 Å². The maximum atomic E-state index is 12.0. The van der Waals surface area contributed by atoms with Crippen molar-refractivity contribution in [3.8, 4) is 0 Å². The van der Waals surface area contributed by atoms with E-state index >= 15 is 0 Å². The molecule has 0 aliphatic rings. The second kappa shape index (κ2) is 5.62. The van der Waals surface area contributed by atoms with Crippen LogP contribution in [0.5, 0.6) is 0 Å². The highest BCUT2D eigenvalue weighted by Crippen LogP contribution is 2.26. The number of sulfonamides is 1. The molecular formula is C9H10ClN3O2S3. The van der Waals surface area contributed by atoms with Crippen molar-refractivity contribution >= 4 is 44.3 Å². The van der Waals surface area contributed by atoms with Crippen LogP contribution < -0.4 is 4.72 Å². The number of halogens is 1. The summed E-state index contributed by atoms with van der Waals surface area (Å²) in [5.41, 5.74) is 3.02. The zero-order chi connectivity index (χ0) is 13.2. The van der Waals surface area contributed by atoms with Gasteiger partial charge in [0.25, 0.3) is 10.0 Å². The van der Waals surface area contributed by atoms with Gasteiger partial charge < -0.3 is 0 Å². The maximum absolute atomic E-state index is 12.0. The number of thiazole rings is 2. The van der Waals surface area contributed by atoms with E-state index in [0.717, 1.165) is 17.0 Å². The first-order chi connectivity index (χ1) is 8.49. The average molecular weight is 324 g/mol. The second-order valence-corrected chi connectivity index (χ2v) is 7.73. The van der Waals surface area contributed by atoms with Crippen LogP contribution in [0.25, 0.3) is 0 Å². The first kappa shape index (κ1) is 13.9. The van der Waals surface area contributed by atoms with E-state index in [1.807, 2.05) is 5.38 Å². The summed E-state index contributed by atoms with van der Waals surface area (Å²) < 4.78 is 26.9. The van der Waals surface area contributed by atoms with Gasteiger partial charge in [-0.1, -0.05) is 22.9 Å². The molecule has 0 fully saturated rings. The van der Waals surface area contributed by atoms with Crippen molar-refractivity contribution in [1.82, 2.24) is 14.7 Å². The minimum Gasteiger partial charge on any atom is -0.250 e. The van der Waals surface area contributed by atoms with Crippen LogP contribution in [0.3, 0.4) is 0 Å². The van der Waals surface area contributed by atoms with Gasteiger partial charge in [0.2, 0.25) is 0 Å². The van der Waals surface area contributed by atoms with E-state index in [2.05, 4.69) is 14.7 Å². The van der Waals surface area contributed by atoms with E-state index in [0.29, 0.717) is 18.7 Å². The molecule has 0 aliphatic heterocycles. The monoisotopic (exact) mass is 323 g/mol. The number of nitrogens with zero attached hydrogens (tertiary/aromatic N) is 2. The predicted molar refractivity (Wildman–Crippen MR) is 72.9 cm³/mol. The number of hydrogen-bond acceptors (Lipinski definition) is 6. The van der Waals surface area contributed by atoms with Crippen LogP contribution in [0, 0.1) is 6.92 Å². The number of nitrogens with one attached hydrogen (secondary N) is 1. The number of aromatic nitrogens is 2. The fourth-order valence-electron chi connectivity index (χ4n) is 1.34. The average Bonchev–Trinajstić information content (AvgIpc) is 2.88. The van der Waals surface area contributed by atoms with Crippen LogP contribution in [0.15, 0.2) is 15.1 Å². The lowest BCUT2D eigenvalue weighted by Gasteiger charge is -2.03. The Hall–Kier alpha value is -0.540. The van der Waals surface area contributed by atoms with Gasteiger partial charge in [-0.15, -0.1) is 11.3 Å². The van der Waals surface area contributed by atoms with Crippen LogP contribution in [0.4, 0.5) is 0 Å². The molecule has 1 N–H and O–H groups in total. The zero-order valence-electron chi connectivity index (χ0n) is 9.38. The van der Waals surface area contributed by atoms with Crippen molar-refractivity contribution in [2.45, 2.75) is 17.6 Å². The Labute approximate surface area is 118 Å². The molecule has 98 valence electrons. The Balaban J connectivity index is 2.02. The molecule has 2 heterocycles. The largest absolute Gasteiger partial charge is 0.251 e. The molecule has 0 saturated heterocycles. The molecule has 9 heteroatoms. The molecule has 5 nitrogen and oxygen atoms in total. The normalized spacial score (nSPS) is 11.9. The Morgan fingerprint density at radius 3 is 2.83 bits per heavy atom. The summed E-state index contributed by atoms with van der Waals surface area (Å²) >= 11 is 8.14. The first-order valence-electron chi connectivity index (χ1n) is 4.99.